The van der Waals surface area contributed by atoms with Crippen LogP contribution in [0.15, 0.2) is 29.2 Å². The van der Waals surface area contributed by atoms with E-state index in [1.54, 1.807) is 24.4 Å². The van der Waals surface area contributed by atoms with Gasteiger partial charge in [-0.15, -0.1) is 0 Å². The van der Waals surface area contributed by atoms with Crippen molar-refractivity contribution in [2.45, 2.75) is 31.8 Å². The van der Waals surface area contributed by atoms with E-state index < -0.39 is 0 Å². The van der Waals surface area contributed by atoms with Gasteiger partial charge in [-0.2, -0.15) is 0 Å². The zero-order valence-corrected chi connectivity index (χ0v) is 13.7. The maximum Gasteiger partial charge on any atom is 0.258 e. The Morgan fingerprint density at radius 2 is 2.22 bits per heavy atom. The zero-order chi connectivity index (χ0) is 15.8. The van der Waals surface area contributed by atoms with Gasteiger partial charge in [0.1, 0.15) is 5.65 Å². The van der Waals surface area contributed by atoms with Crippen molar-refractivity contribution in [3.63, 3.8) is 0 Å². The first-order chi connectivity index (χ1) is 11.2. The predicted molar refractivity (Wildman–Crippen MR) is 88.8 cm³/mol. The Balaban J connectivity index is 1.57. The molecule has 122 valence electrons. The Kier molecular flexibility index (Phi) is 4.09. The summed E-state index contributed by atoms with van der Waals surface area (Å²) in [6.45, 7) is 3.50. The minimum absolute atomic E-state index is 0.0764. The molecule has 2 aliphatic rings. The fourth-order valence-corrected chi connectivity index (χ4v) is 3.42. The van der Waals surface area contributed by atoms with Crippen LogP contribution in [-0.2, 0) is 11.3 Å². The molecular weight excluding hydrogens is 314 g/mol. The maximum absolute atomic E-state index is 12.3. The molecule has 2 aromatic rings. The molecule has 3 heterocycles. The van der Waals surface area contributed by atoms with E-state index in [0.717, 1.165) is 38.4 Å². The molecule has 23 heavy (non-hydrogen) atoms. The first-order valence-corrected chi connectivity index (χ1v) is 8.56. The molecule has 0 aromatic carbocycles. The van der Waals surface area contributed by atoms with Crippen LogP contribution in [0.2, 0.25) is 5.02 Å². The van der Waals surface area contributed by atoms with Gasteiger partial charge in [0.05, 0.1) is 17.3 Å². The van der Waals surface area contributed by atoms with Crippen molar-refractivity contribution in [3.8, 4) is 0 Å². The summed E-state index contributed by atoms with van der Waals surface area (Å²) in [6, 6.07) is 5.83. The normalized spacial score (nSPS) is 21.4. The molecule has 0 unspecified atom stereocenters. The van der Waals surface area contributed by atoms with Gasteiger partial charge in [-0.1, -0.05) is 11.6 Å². The van der Waals surface area contributed by atoms with Crippen molar-refractivity contribution in [3.05, 3.63) is 45.5 Å². The highest BCUT2D eigenvalue weighted by molar-refractivity contribution is 6.30. The van der Waals surface area contributed by atoms with E-state index >= 15 is 0 Å². The van der Waals surface area contributed by atoms with E-state index in [2.05, 4.69) is 9.88 Å². The van der Waals surface area contributed by atoms with Crippen molar-refractivity contribution >= 4 is 17.2 Å². The lowest BCUT2D eigenvalue weighted by Crippen LogP contribution is -2.32. The lowest BCUT2D eigenvalue weighted by atomic mass is 10.1. The fourth-order valence-electron chi connectivity index (χ4n) is 3.26. The van der Waals surface area contributed by atoms with E-state index in [9.17, 15) is 4.79 Å². The van der Waals surface area contributed by atoms with Crippen molar-refractivity contribution < 1.29 is 4.74 Å². The number of fused-ring (bicyclic) bond motifs is 1. The average molecular weight is 334 g/mol. The second-order valence-corrected chi connectivity index (χ2v) is 6.99. The minimum Gasteiger partial charge on any atom is -0.381 e. The summed E-state index contributed by atoms with van der Waals surface area (Å²) in [5, 5.41) is 0.537. The molecule has 0 amide bonds. The van der Waals surface area contributed by atoms with Gasteiger partial charge in [0.15, 0.2) is 0 Å². The quantitative estimate of drug-likeness (QED) is 0.842. The highest BCUT2D eigenvalue weighted by Gasteiger charge is 2.31. The summed E-state index contributed by atoms with van der Waals surface area (Å²) < 4.78 is 6.99. The Hall–Kier alpha value is -1.43. The Morgan fingerprint density at radius 1 is 1.35 bits per heavy atom. The summed E-state index contributed by atoms with van der Waals surface area (Å²) in [4.78, 5) is 19.4. The van der Waals surface area contributed by atoms with Crippen LogP contribution >= 0.6 is 11.6 Å². The van der Waals surface area contributed by atoms with Crippen LogP contribution in [0.5, 0.6) is 0 Å². The number of nitrogens with zero attached hydrogens (tertiary/aromatic N) is 3. The van der Waals surface area contributed by atoms with Gasteiger partial charge >= 0.3 is 0 Å². The van der Waals surface area contributed by atoms with Crippen LogP contribution < -0.4 is 5.56 Å². The fraction of sp³-hybridized carbons (Fsp3) is 0.529. The number of halogens is 1. The third kappa shape index (κ3) is 3.42. The molecule has 1 saturated carbocycles. The van der Waals surface area contributed by atoms with Crippen molar-refractivity contribution in [2.75, 3.05) is 19.8 Å². The second-order valence-electron chi connectivity index (χ2n) is 6.55. The SMILES string of the molecule is O=c1cc(CN(C[C@@H]2CCOC2)C2CC2)nc2ccc(Cl)cn12. The Labute approximate surface area is 139 Å². The van der Waals surface area contributed by atoms with Crippen LogP contribution in [0.25, 0.3) is 5.65 Å². The molecule has 4 rings (SSSR count). The summed E-state index contributed by atoms with van der Waals surface area (Å²) >= 11 is 5.95. The molecule has 1 saturated heterocycles. The molecule has 0 radical (unpaired) electrons. The Bertz CT molecular complexity index is 766. The molecule has 5 nitrogen and oxygen atoms in total. The molecule has 6 heteroatoms. The summed E-state index contributed by atoms with van der Waals surface area (Å²) in [7, 11) is 0. The van der Waals surface area contributed by atoms with E-state index in [0.29, 0.717) is 22.6 Å². The standard InChI is InChI=1S/C17H20ClN3O2/c18-13-1-4-16-19-14(7-17(22)21(16)9-13)10-20(15-2-3-15)8-12-5-6-23-11-12/h1,4,7,9,12,15H,2-3,5-6,8,10-11H2/t12-/m0/s1. The van der Waals surface area contributed by atoms with Crippen LogP contribution in [0.1, 0.15) is 25.0 Å². The van der Waals surface area contributed by atoms with E-state index in [1.807, 2.05) is 0 Å². The highest BCUT2D eigenvalue weighted by Crippen LogP contribution is 2.30. The van der Waals surface area contributed by atoms with Gasteiger partial charge in [-0.25, -0.2) is 4.98 Å². The number of ether oxygens (including phenoxy) is 1. The van der Waals surface area contributed by atoms with Crippen molar-refractivity contribution in [2.24, 2.45) is 5.92 Å². The number of aromatic nitrogens is 2. The summed E-state index contributed by atoms with van der Waals surface area (Å²) in [6.07, 6.45) is 5.24. The minimum atomic E-state index is -0.0764. The van der Waals surface area contributed by atoms with E-state index in [1.165, 1.54) is 17.2 Å². The van der Waals surface area contributed by atoms with Gasteiger partial charge in [0.25, 0.3) is 5.56 Å². The molecular formula is C17H20ClN3O2. The zero-order valence-electron chi connectivity index (χ0n) is 12.9. The second kappa shape index (κ2) is 6.23. The number of hydrogen-bond donors (Lipinski definition) is 0. The first-order valence-electron chi connectivity index (χ1n) is 8.19. The van der Waals surface area contributed by atoms with Crippen LogP contribution in [0.4, 0.5) is 0 Å². The van der Waals surface area contributed by atoms with E-state index in [-0.39, 0.29) is 5.56 Å². The largest absolute Gasteiger partial charge is 0.381 e. The molecule has 0 spiro atoms. The Morgan fingerprint density at radius 3 is 2.96 bits per heavy atom. The molecule has 1 atom stereocenters. The van der Waals surface area contributed by atoms with Gasteiger partial charge < -0.3 is 4.74 Å². The maximum atomic E-state index is 12.3. The molecule has 2 aromatic heterocycles. The summed E-state index contributed by atoms with van der Waals surface area (Å²) in [5.74, 6) is 0.607. The molecule has 0 bridgehead atoms. The lowest BCUT2D eigenvalue weighted by molar-refractivity contribution is 0.161. The van der Waals surface area contributed by atoms with Crippen LogP contribution in [0, 0.1) is 5.92 Å². The topological polar surface area (TPSA) is 46.8 Å². The third-order valence-corrected chi connectivity index (χ3v) is 4.85. The average Bonchev–Trinajstić information content (AvgIpc) is 3.25. The first kappa shape index (κ1) is 15.1. The monoisotopic (exact) mass is 333 g/mol. The predicted octanol–water partition coefficient (Wildman–Crippen LogP) is 2.35. The summed E-state index contributed by atoms with van der Waals surface area (Å²) in [5.41, 5.74) is 1.41. The van der Waals surface area contributed by atoms with Crippen LogP contribution in [0.3, 0.4) is 0 Å². The molecule has 1 aliphatic carbocycles. The number of pyridine rings is 1. The van der Waals surface area contributed by atoms with Crippen LogP contribution in [-0.4, -0.2) is 40.1 Å². The molecule has 2 fully saturated rings. The lowest BCUT2D eigenvalue weighted by Gasteiger charge is -2.24. The number of hydrogen-bond acceptors (Lipinski definition) is 4. The highest BCUT2D eigenvalue weighted by atomic mass is 35.5. The number of rotatable bonds is 5. The molecule has 1 aliphatic heterocycles. The van der Waals surface area contributed by atoms with Gasteiger partial charge in [-0.3, -0.25) is 14.1 Å². The van der Waals surface area contributed by atoms with Gasteiger partial charge in [0.2, 0.25) is 0 Å². The third-order valence-electron chi connectivity index (χ3n) is 4.62. The van der Waals surface area contributed by atoms with Crippen molar-refractivity contribution in [1.29, 1.82) is 0 Å². The van der Waals surface area contributed by atoms with Gasteiger partial charge in [-0.05, 0) is 37.3 Å². The molecule has 0 N–H and O–H groups in total. The van der Waals surface area contributed by atoms with Gasteiger partial charge in [0, 0.05) is 38.0 Å². The van der Waals surface area contributed by atoms with Crippen molar-refractivity contribution in [1.82, 2.24) is 14.3 Å². The smallest absolute Gasteiger partial charge is 0.258 e. The van der Waals surface area contributed by atoms with E-state index in [4.69, 9.17) is 16.3 Å².